The summed E-state index contributed by atoms with van der Waals surface area (Å²) in [6, 6.07) is 20.2. The second-order valence-corrected chi connectivity index (χ2v) is 6.83. The lowest BCUT2D eigenvalue weighted by atomic mass is 9.91. The second kappa shape index (κ2) is 5.38. The van der Waals surface area contributed by atoms with E-state index in [2.05, 4.69) is 75.4 Å². The van der Waals surface area contributed by atoms with Gasteiger partial charge in [-0.1, -0.05) is 60.2 Å². The molecule has 0 aliphatic heterocycles. The van der Waals surface area contributed by atoms with E-state index < -0.39 is 0 Å². The van der Waals surface area contributed by atoms with Crippen LogP contribution >= 0.6 is 0 Å². The van der Waals surface area contributed by atoms with Gasteiger partial charge in [-0.3, -0.25) is 0 Å². The lowest BCUT2D eigenvalue weighted by Gasteiger charge is -2.14. The molecule has 0 atom stereocenters. The van der Waals surface area contributed by atoms with Crippen molar-refractivity contribution >= 4 is 0 Å². The molecule has 0 N–H and O–H groups in total. The first-order valence-electron chi connectivity index (χ1n) is 8.39. The van der Waals surface area contributed by atoms with Gasteiger partial charge in [-0.25, -0.2) is 0 Å². The van der Waals surface area contributed by atoms with Crippen molar-refractivity contribution in [2.75, 3.05) is 0 Å². The Morgan fingerprint density at radius 2 is 1.48 bits per heavy atom. The minimum Gasteiger partial charge on any atom is -0.0619 e. The Morgan fingerprint density at radius 3 is 2.26 bits per heavy atom. The van der Waals surface area contributed by atoms with Crippen LogP contribution in [0, 0.1) is 20.8 Å². The summed E-state index contributed by atoms with van der Waals surface area (Å²) >= 11 is 0. The van der Waals surface area contributed by atoms with Gasteiger partial charge in [-0.2, -0.15) is 0 Å². The summed E-state index contributed by atoms with van der Waals surface area (Å²) < 4.78 is 0. The van der Waals surface area contributed by atoms with E-state index in [4.69, 9.17) is 0 Å². The van der Waals surface area contributed by atoms with Crippen molar-refractivity contribution in [2.24, 2.45) is 0 Å². The number of aryl methyl sites for hydroxylation is 3. The summed E-state index contributed by atoms with van der Waals surface area (Å²) in [5, 5.41) is 0. The van der Waals surface area contributed by atoms with E-state index in [-0.39, 0.29) is 0 Å². The third-order valence-corrected chi connectivity index (χ3v) is 5.16. The van der Waals surface area contributed by atoms with Crippen molar-refractivity contribution in [2.45, 2.75) is 33.6 Å². The summed E-state index contributed by atoms with van der Waals surface area (Å²) in [5.74, 6) is 0. The number of fused-ring (bicyclic) bond motifs is 3. The highest BCUT2D eigenvalue weighted by molar-refractivity contribution is 5.78. The molecular formula is C23H22. The minimum absolute atomic E-state index is 1.04. The first kappa shape index (κ1) is 14.3. The molecule has 0 bridgehead atoms. The number of hydrogen-bond donors (Lipinski definition) is 0. The van der Waals surface area contributed by atoms with Crippen LogP contribution in [0.25, 0.3) is 11.1 Å². The SMILES string of the molecule is Cc1cc(C)c(Cc2cccc3c2Cc2ccccc2-3)c(C)c1. The van der Waals surface area contributed by atoms with Crippen LogP contribution in [0.2, 0.25) is 0 Å². The Morgan fingerprint density at radius 1 is 0.783 bits per heavy atom. The zero-order valence-electron chi connectivity index (χ0n) is 14.1. The van der Waals surface area contributed by atoms with Crippen molar-refractivity contribution < 1.29 is 0 Å². The van der Waals surface area contributed by atoms with Crippen LogP contribution < -0.4 is 0 Å². The molecule has 3 aromatic rings. The molecule has 114 valence electrons. The normalized spacial score (nSPS) is 12.1. The zero-order valence-corrected chi connectivity index (χ0v) is 14.1. The number of rotatable bonds is 2. The van der Waals surface area contributed by atoms with Gasteiger partial charge in [0.25, 0.3) is 0 Å². The minimum atomic E-state index is 1.04. The van der Waals surface area contributed by atoms with Crippen molar-refractivity contribution in [3.8, 4) is 11.1 Å². The highest BCUT2D eigenvalue weighted by atomic mass is 14.2. The van der Waals surface area contributed by atoms with Gasteiger partial charge in [0.2, 0.25) is 0 Å². The molecule has 0 unspecified atom stereocenters. The van der Waals surface area contributed by atoms with Gasteiger partial charge in [-0.15, -0.1) is 0 Å². The third kappa shape index (κ3) is 2.39. The van der Waals surface area contributed by atoms with Gasteiger partial charge in [0.05, 0.1) is 0 Å². The standard InChI is InChI=1S/C23H22/c1-15-11-16(2)22(17(3)12-15)13-19-8-6-10-21-20-9-5-4-7-18(20)14-23(19)21/h4-12H,13-14H2,1-3H3. The smallest absolute Gasteiger partial charge is 0.00106 e. The summed E-state index contributed by atoms with van der Waals surface area (Å²) in [4.78, 5) is 0. The maximum absolute atomic E-state index is 2.31. The largest absolute Gasteiger partial charge is 0.0619 e. The average Bonchev–Trinajstić information content (AvgIpc) is 2.90. The molecule has 0 aromatic heterocycles. The molecule has 4 rings (SSSR count). The molecule has 0 saturated heterocycles. The van der Waals surface area contributed by atoms with Crippen LogP contribution in [0.15, 0.2) is 54.6 Å². The van der Waals surface area contributed by atoms with Gasteiger partial charge in [0.1, 0.15) is 0 Å². The number of benzene rings is 3. The third-order valence-electron chi connectivity index (χ3n) is 5.16. The molecule has 0 radical (unpaired) electrons. The lowest BCUT2D eigenvalue weighted by molar-refractivity contribution is 1.08. The Balaban J connectivity index is 1.79. The summed E-state index contributed by atoms with van der Waals surface area (Å²) in [6.07, 6.45) is 2.11. The topological polar surface area (TPSA) is 0 Å². The fourth-order valence-corrected chi connectivity index (χ4v) is 4.07. The maximum atomic E-state index is 2.31. The second-order valence-electron chi connectivity index (χ2n) is 6.83. The zero-order chi connectivity index (χ0) is 16.0. The predicted molar refractivity (Wildman–Crippen MR) is 98.1 cm³/mol. The summed E-state index contributed by atoms with van der Waals surface area (Å²) in [5.41, 5.74) is 13.0. The fourth-order valence-electron chi connectivity index (χ4n) is 4.07. The monoisotopic (exact) mass is 298 g/mol. The van der Waals surface area contributed by atoms with Gasteiger partial charge >= 0.3 is 0 Å². The summed E-state index contributed by atoms with van der Waals surface area (Å²) in [7, 11) is 0. The molecule has 0 spiro atoms. The van der Waals surface area contributed by atoms with Crippen LogP contribution in [-0.2, 0) is 12.8 Å². The molecule has 0 amide bonds. The Hall–Kier alpha value is -2.34. The van der Waals surface area contributed by atoms with Crippen LogP contribution in [0.3, 0.4) is 0 Å². The maximum Gasteiger partial charge on any atom is -0.00106 e. The first-order valence-corrected chi connectivity index (χ1v) is 8.39. The molecule has 0 fully saturated rings. The van der Waals surface area contributed by atoms with Gasteiger partial charge in [-0.05, 0) is 78.1 Å². The van der Waals surface area contributed by atoms with E-state index in [0.29, 0.717) is 0 Å². The Bertz CT molecular complexity index is 877. The molecule has 0 saturated carbocycles. The van der Waals surface area contributed by atoms with Gasteiger partial charge in [0.15, 0.2) is 0 Å². The van der Waals surface area contributed by atoms with Crippen LogP contribution in [0.4, 0.5) is 0 Å². The first-order chi connectivity index (χ1) is 11.1. The van der Waals surface area contributed by atoms with Crippen LogP contribution in [0.1, 0.15) is 38.9 Å². The molecular weight excluding hydrogens is 276 g/mol. The number of hydrogen-bond acceptors (Lipinski definition) is 0. The van der Waals surface area contributed by atoms with E-state index in [1.165, 1.54) is 50.1 Å². The van der Waals surface area contributed by atoms with Crippen molar-refractivity contribution in [1.29, 1.82) is 0 Å². The van der Waals surface area contributed by atoms with E-state index in [9.17, 15) is 0 Å². The van der Waals surface area contributed by atoms with Crippen molar-refractivity contribution in [3.63, 3.8) is 0 Å². The van der Waals surface area contributed by atoms with Crippen molar-refractivity contribution in [3.05, 3.63) is 93.5 Å². The molecule has 1 aliphatic carbocycles. The fraction of sp³-hybridized carbons (Fsp3) is 0.217. The van der Waals surface area contributed by atoms with Crippen LogP contribution in [0.5, 0.6) is 0 Å². The van der Waals surface area contributed by atoms with Crippen molar-refractivity contribution in [1.82, 2.24) is 0 Å². The highest BCUT2D eigenvalue weighted by Crippen LogP contribution is 2.39. The molecule has 23 heavy (non-hydrogen) atoms. The Labute approximate surface area is 138 Å². The Kier molecular flexibility index (Phi) is 3.34. The average molecular weight is 298 g/mol. The quantitative estimate of drug-likeness (QED) is 0.440. The van der Waals surface area contributed by atoms with Gasteiger partial charge in [0, 0.05) is 0 Å². The van der Waals surface area contributed by atoms with E-state index in [1.807, 2.05) is 0 Å². The van der Waals surface area contributed by atoms with E-state index >= 15 is 0 Å². The van der Waals surface area contributed by atoms with E-state index in [1.54, 1.807) is 0 Å². The van der Waals surface area contributed by atoms with Crippen LogP contribution in [-0.4, -0.2) is 0 Å². The lowest BCUT2D eigenvalue weighted by Crippen LogP contribution is -2.00. The molecule has 0 heterocycles. The predicted octanol–water partition coefficient (Wildman–Crippen LogP) is 5.77. The molecule has 1 aliphatic rings. The molecule has 0 nitrogen and oxygen atoms in total. The molecule has 3 aromatic carbocycles. The highest BCUT2D eigenvalue weighted by Gasteiger charge is 2.20. The van der Waals surface area contributed by atoms with Gasteiger partial charge < -0.3 is 0 Å². The van der Waals surface area contributed by atoms with E-state index in [0.717, 1.165) is 12.8 Å². The summed E-state index contributed by atoms with van der Waals surface area (Å²) in [6.45, 7) is 6.67. The molecule has 0 heteroatoms.